The van der Waals surface area contributed by atoms with Gasteiger partial charge in [-0.3, -0.25) is 9.59 Å². The zero-order valence-electron chi connectivity index (χ0n) is 14.0. The second kappa shape index (κ2) is 8.01. The zero-order valence-corrected chi connectivity index (χ0v) is 14.8. The van der Waals surface area contributed by atoms with Crippen LogP contribution in [0.5, 0.6) is 0 Å². The van der Waals surface area contributed by atoms with E-state index in [0.29, 0.717) is 22.8 Å². The van der Waals surface area contributed by atoms with E-state index in [1.807, 2.05) is 6.07 Å². The molecule has 1 heterocycles. The lowest BCUT2D eigenvalue weighted by Gasteiger charge is -2.10. The van der Waals surface area contributed by atoms with Crippen molar-refractivity contribution in [1.29, 1.82) is 0 Å². The van der Waals surface area contributed by atoms with E-state index < -0.39 is 6.03 Å². The minimum atomic E-state index is -0.393. The van der Waals surface area contributed by atoms with Crippen molar-refractivity contribution in [3.63, 3.8) is 0 Å². The molecular weight excluding hydrogens is 354 g/mol. The van der Waals surface area contributed by atoms with Crippen LogP contribution in [0.3, 0.4) is 0 Å². The summed E-state index contributed by atoms with van der Waals surface area (Å²) in [6.45, 7) is 0.866. The van der Waals surface area contributed by atoms with Gasteiger partial charge in [-0.25, -0.2) is 4.79 Å². The number of urea groups is 1. The molecule has 0 aromatic heterocycles. The van der Waals surface area contributed by atoms with Crippen LogP contribution in [-0.4, -0.2) is 31.3 Å². The Morgan fingerprint density at radius 2 is 2.04 bits per heavy atom. The molecule has 134 valence electrons. The Morgan fingerprint density at radius 3 is 2.81 bits per heavy atom. The quantitative estimate of drug-likeness (QED) is 0.604. The molecule has 0 fully saturated rings. The van der Waals surface area contributed by atoms with E-state index in [4.69, 9.17) is 11.6 Å². The first-order valence-corrected chi connectivity index (χ1v) is 8.63. The number of nitrogens with zero attached hydrogens (tertiary/aromatic N) is 1. The highest BCUT2D eigenvalue weighted by Gasteiger charge is 2.19. The summed E-state index contributed by atoms with van der Waals surface area (Å²) in [5.74, 6) is -0.0552. The van der Waals surface area contributed by atoms with Gasteiger partial charge in [0, 0.05) is 41.5 Å². The topological polar surface area (TPSA) is 78.5 Å². The summed E-state index contributed by atoms with van der Waals surface area (Å²) in [5.41, 5.74) is 3.03. The van der Waals surface area contributed by atoms with Gasteiger partial charge in [0.2, 0.25) is 6.41 Å². The van der Waals surface area contributed by atoms with Gasteiger partial charge in [0.1, 0.15) is 0 Å². The van der Waals surface area contributed by atoms with Gasteiger partial charge in [0.15, 0.2) is 5.78 Å². The molecule has 3 rings (SSSR count). The molecule has 0 unspecified atom stereocenters. The summed E-state index contributed by atoms with van der Waals surface area (Å²) in [5, 5.41) is 5.84. The number of nitrogens with one attached hydrogen (secondary N) is 2. The van der Waals surface area contributed by atoms with Gasteiger partial charge in [0.25, 0.3) is 0 Å². The first kappa shape index (κ1) is 17.9. The van der Waals surface area contributed by atoms with Gasteiger partial charge in [-0.1, -0.05) is 17.7 Å². The van der Waals surface area contributed by atoms with Crippen LogP contribution in [0.4, 0.5) is 16.2 Å². The van der Waals surface area contributed by atoms with Crippen molar-refractivity contribution in [3.05, 3.63) is 58.6 Å². The van der Waals surface area contributed by atoms with E-state index in [0.717, 1.165) is 24.1 Å². The number of hydrogen-bond acceptors (Lipinski definition) is 3. The second-order valence-corrected chi connectivity index (χ2v) is 6.39. The SMILES string of the molecule is O=CN1CCc2cc(C(=O)CCNC(=O)Nc3cccc(Cl)c3)ccc21. The summed E-state index contributed by atoms with van der Waals surface area (Å²) in [6.07, 6.45) is 1.74. The lowest BCUT2D eigenvalue weighted by molar-refractivity contribution is -0.107. The fraction of sp³-hybridized carbons (Fsp3) is 0.211. The summed E-state index contributed by atoms with van der Waals surface area (Å²) < 4.78 is 0. The second-order valence-electron chi connectivity index (χ2n) is 5.96. The molecule has 0 spiro atoms. The largest absolute Gasteiger partial charge is 0.337 e. The lowest BCUT2D eigenvalue weighted by Crippen LogP contribution is -2.30. The maximum absolute atomic E-state index is 12.3. The average molecular weight is 372 g/mol. The van der Waals surface area contributed by atoms with E-state index in [1.165, 1.54) is 0 Å². The van der Waals surface area contributed by atoms with E-state index in [1.54, 1.807) is 41.3 Å². The van der Waals surface area contributed by atoms with Gasteiger partial charge in [-0.15, -0.1) is 0 Å². The van der Waals surface area contributed by atoms with E-state index in [-0.39, 0.29) is 18.7 Å². The van der Waals surface area contributed by atoms with Gasteiger partial charge >= 0.3 is 6.03 Å². The molecule has 0 radical (unpaired) electrons. The summed E-state index contributed by atoms with van der Waals surface area (Å²) >= 11 is 5.86. The minimum Gasteiger partial charge on any atom is -0.337 e. The number of halogens is 1. The number of hydrogen-bond donors (Lipinski definition) is 2. The molecule has 1 aliphatic rings. The maximum atomic E-state index is 12.3. The summed E-state index contributed by atoms with van der Waals surface area (Å²) in [6, 6.07) is 11.8. The fourth-order valence-electron chi connectivity index (χ4n) is 2.89. The molecule has 1 aliphatic heterocycles. The van der Waals surface area contributed by atoms with Crippen molar-refractivity contribution in [3.8, 4) is 0 Å². The number of rotatable bonds is 6. The Labute approximate surface area is 156 Å². The van der Waals surface area contributed by atoms with Crippen molar-refractivity contribution in [2.24, 2.45) is 0 Å². The number of carbonyl (C=O) groups is 3. The van der Waals surface area contributed by atoms with Crippen LogP contribution in [-0.2, 0) is 11.2 Å². The number of benzene rings is 2. The summed E-state index contributed by atoms with van der Waals surface area (Å²) in [4.78, 5) is 36.7. The number of anilines is 2. The third kappa shape index (κ3) is 4.21. The first-order valence-electron chi connectivity index (χ1n) is 8.25. The molecule has 26 heavy (non-hydrogen) atoms. The lowest BCUT2D eigenvalue weighted by atomic mass is 10.0. The highest BCUT2D eigenvalue weighted by molar-refractivity contribution is 6.30. The fourth-order valence-corrected chi connectivity index (χ4v) is 3.08. The van der Waals surface area contributed by atoms with Gasteiger partial charge in [-0.2, -0.15) is 0 Å². The van der Waals surface area contributed by atoms with Gasteiger partial charge in [0.05, 0.1) is 0 Å². The molecule has 2 N–H and O–H groups in total. The van der Waals surface area contributed by atoms with Crippen LogP contribution in [0.25, 0.3) is 0 Å². The average Bonchev–Trinajstić information content (AvgIpc) is 3.03. The van der Waals surface area contributed by atoms with Crippen molar-refractivity contribution in [2.45, 2.75) is 12.8 Å². The van der Waals surface area contributed by atoms with Crippen LogP contribution < -0.4 is 15.5 Å². The zero-order chi connectivity index (χ0) is 18.5. The molecule has 3 amide bonds. The minimum absolute atomic E-state index is 0.0552. The number of carbonyl (C=O) groups excluding carboxylic acids is 3. The van der Waals surface area contributed by atoms with Gasteiger partial charge < -0.3 is 15.5 Å². The Bertz CT molecular complexity index is 854. The predicted octanol–water partition coefficient (Wildman–Crippen LogP) is 3.25. The molecular formula is C19H18ClN3O3. The molecule has 2 aromatic rings. The normalized spacial score (nSPS) is 12.4. The highest BCUT2D eigenvalue weighted by atomic mass is 35.5. The molecule has 0 saturated heterocycles. The Kier molecular flexibility index (Phi) is 5.53. The number of amides is 3. The number of Topliss-reactive ketones (excluding diaryl/α,β-unsaturated/α-hetero) is 1. The number of ketones is 1. The van der Waals surface area contributed by atoms with E-state index in [2.05, 4.69) is 10.6 Å². The number of fused-ring (bicyclic) bond motifs is 1. The molecule has 7 heteroatoms. The molecule has 0 atom stereocenters. The van der Waals surface area contributed by atoms with Crippen molar-refractivity contribution in [1.82, 2.24) is 5.32 Å². The van der Waals surface area contributed by atoms with Gasteiger partial charge in [-0.05, 0) is 48.4 Å². The monoisotopic (exact) mass is 371 g/mol. The molecule has 6 nitrogen and oxygen atoms in total. The standard InChI is InChI=1S/C19H18ClN3O3/c20-15-2-1-3-16(11-15)22-19(26)21-8-6-18(25)14-4-5-17-13(10-14)7-9-23(17)12-24/h1-5,10-12H,6-9H2,(H2,21,22,26). The van der Waals surface area contributed by atoms with Crippen LogP contribution in [0.15, 0.2) is 42.5 Å². The highest BCUT2D eigenvalue weighted by Crippen LogP contribution is 2.27. The van der Waals surface area contributed by atoms with Crippen molar-refractivity contribution in [2.75, 3.05) is 23.3 Å². The van der Waals surface area contributed by atoms with E-state index in [9.17, 15) is 14.4 Å². The van der Waals surface area contributed by atoms with Crippen LogP contribution in [0.2, 0.25) is 5.02 Å². The van der Waals surface area contributed by atoms with Crippen LogP contribution in [0, 0.1) is 0 Å². The Morgan fingerprint density at radius 1 is 1.19 bits per heavy atom. The third-order valence-corrected chi connectivity index (χ3v) is 4.42. The smallest absolute Gasteiger partial charge is 0.319 e. The molecule has 0 aliphatic carbocycles. The Hall–Kier alpha value is -2.86. The molecule has 0 bridgehead atoms. The summed E-state index contributed by atoms with van der Waals surface area (Å²) in [7, 11) is 0. The Balaban J connectivity index is 1.50. The van der Waals surface area contributed by atoms with Crippen LogP contribution in [0.1, 0.15) is 22.3 Å². The first-order chi connectivity index (χ1) is 12.6. The van der Waals surface area contributed by atoms with Crippen molar-refractivity contribution < 1.29 is 14.4 Å². The third-order valence-electron chi connectivity index (χ3n) is 4.18. The molecule has 0 saturated carbocycles. The van der Waals surface area contributed by atoms with E-state index >= 15 is 0 Å². The maximum Gasteiger partial charge on any atom is 0.319 e. The van der Waals surface area contributed by atoms with Crippen molar-refractivity contribution >= 4 is 41.2 Å². The molecule has 2 aromatic carbocycles. The predicted molar refractivity (Wildman–Crippen MR) is 101 cm³/mol. The van der Waals surface area contributed by atoms with Crippen LogP contribution >= 0.6 is 11.6 Å².